The molecule has 106 valence electrons. The van der Waals surface area contributed by atoms with Gasteiger partial charge in [-0.15, -0.1) is 0 Å². The summed E-state index contributed by atoms with van der Waals surface area (Å²) in [5, 5.41) is -0.135. The minimum absolute atomic E-state index is 0.0587. The van der Waals surface area contributed by atoms with Crippen molar-refractivity contribution in [3.8, 4) is 11.1 Å². The van der Waals surface area contributed by atoms with Crippen molar-refractivity contribution in [3.63, 3.8) is 0 Å². The number of nitrogens with zero attached hydrogens (tertiary/aromatic N) is 1. The fourth-order valence-electron chi connectivity index (χ4n) is 1.60. The fourth-order valence-corrected chi connectivity index (χ4v) is 2.63. The van der Waals surface area contributed by atoms with E-state index in [1.165, 1.54) is 18.2 Å². The lowest BCUT2D eigenvalue weighted by Gasteiger charge is -2.13. The average Bonchev–Trinajstić information content (AvgIpc) is 2.33. The van der Waals surface area contributed by atoms with Crippen molar-refractivity contribution in [2.45, 2.75) is 6.18 Å². The van der Waals surface area contributed by atoms with Crippen molar-refractivity contribution in [2.24, 2.45) is 0 Å². The number of aromatic nitrogens is 1. The molecule has 0 N–H and O–H groups in total. The number of pyridine rings is 1. The Kier molecular flexibility index (Phi) is 4.40. The van der Waals surface area contributed by atoms with Crippen LogP contribution >= 0.6 is 46.4 Å². The summed E-state index contributed by atoms with van der Waals surface area (Å²) in [7, 11) is 0. The van der Waals surface area contributed by atoms with Gasteiger partial charge in [0.2, 0.25) is 0 Å². The van der Waals surface area contributed by atoms with E-state index >= 15 is 0 Å². The monoisotopic (exact) mass is 359 g/mol. The predicted octanol–water partition coefficient (Wildman–Crippen LogP) is 6.38. The first kappa shape index (κ1) is 15.7. The van der Waals surface area contributed by atoms with Gasteiger partial charge in [0.15, 0.2) is 5.69 Å². The molecule has 0 atom stereocenters. The molecule has 0 fully saturated rings. The molecule has 0 aliphatic heterocycles. The van der Waals surface area contributed by atoms with Crippen molar-refractivity contribution in [2.75, 3.05) is 0 Å². The highest BCUT2D eigenvalue weighted by molar-refractivity contribution is 6.45. The van der Waals surface area contributed by atoms with E-state index in [4.69, 9.17) is 46.4 Å². The van der Waals surface area contributed by atoms with Crippen LogP contribution in [0.4, 0.5) is 13.2 Å². The van der Waals surface area contributed by atoms with Crippen molar-refractivity contribution in [1.82, 2.24) is 4.98 Å². The molecule has 2 aromatic rings. The molecule has 0 aliphatic rings. The van der Waals surface area contributed by atoms with Crippen molar-refractivity contribution < 1.29 is 13.2 Å². The Morgan fingerprint density at radius 2 is 1.55 bits per heavy atom. The third-order valence-electron chi connectivity index (χ3n) is 2.44. The highest BCUT2D eigenvalue weighted by Gasteiger charge is 2.36. The lowest BCUT2D eigenvalue weighted by Crippen LogP contribution is -2.09. The van der Waals surface area contributed by atoms with Crippen molar-refractivity contribution in [3.05, 3.63) is 50.2 Å². The Morgan fingerprint density at radius 1 is 0.900 bits per heavy atom. The van der Waals surface area contributed by atoms with E-state index in [2.05, 4.69) is 4.98 Å². The number of alkyl halides is 3. The maximum atomic E-state index is 12.8. The smallest absolute Gasteiger partial charge is 0.250 e. The molecule has 0 radical (unpaired) electrons. The lowest BCUT2D eigenvalue weighted by atomic mass is 10.1. The Hall–Kier alpha value is -0.680. The van der Waals surface area contributed by atoms with Gasteiger partial charge in [-0.05, 0) is 18.2 Å². The molecule has 1 aromatic carbocycles. The minimum atomic E-state index is -4.66. The molecule has 8 heteroatoms. The van der Waals surface area contributed by atoms with Crippen LogP contribution in [-0.4, -0.2) is 4.98 Å². The van der Waals surface area contributed by atoms with Gasteiger partial charge in [-0.25, -0.2) is 0 Å². The van der Waals surface area contributed by atoms with Gasteiger partial charge in [0, 0.05) is 22.3 Å². The molecule has 0 saturated heterocycles. The molecular weight excluding hydrogens is 357 g/mol. The zero-order chi connectivity index (χ0) is 15.1. The van der Waals surface area contributed by atoms with Crippen LogP contribution in [0.2, 0.25) is 20.1 Å². The standard InChI is InChI=1S/C12H4Cl4F3N/c13-5-3-7(9(15)8(14)4-5)6-1-2-20-11(10(6)16)12(17,18)19/h1-4H. The number of rotatable bonds is 1. The average molecular weight is 361 g/mol. The summed E-state index contributed by atoms with van der Waals surface area (Å²) in [6.07, 6.45) is -3.67. The van der Waals surface area contributed by atoms with Crippen LogP contribution in [0.25, 0.3) is 11.1 Å². The van der Waals surface area contributed by atoms with Gasteiger partial charge in [0.1, 0.15) is 0 Å². The van der Waals surface area contributed by atoms with E-state index in [9.17, 15) is 13.2 Å². The van der Waals surface area contributed by atoms with Crippen LogP contribution in [0.5, 0.6) is 0 Å². The molecule has 2 rings (SSSR count). The molecule has 1 aromatic heterocycles. The summed E-state index contributed by atoms with van der Waals surface area (Å²) in [5.74, 6) is 0. The van der Waals surface area contributed by atoms with E-state index < -0.39 is 16.9 Å². The summed E-state index contributed by atoms with van der Waals surface area (Å²) in [5.41, 5.74) is -0.922. The number of hydrogen-bond acceptors (Lipinski definition) is 1. The first-order chi connectivity index (χ1) is 9.21. The van der Waals surface area contributed by atoms with Crippen LogP contribution in [-0.2, 0) is 6.18 Å². The maximum Gasteiger partial charge on any atom is 0.434 e. The van der Waals surface area contributed by atoms with Crippen molar-refractivity contribution in [1.29, 1.82) is 0 Å². The molecule has 0 bridgehead atoms. The van der Waals surface area contributed by atoms with Gasteiger partial charge in [0.05, 0.1) is 15.1 Å². The third-order valence-corrected chi connectivity index (χ3v) is 3.84. The van der Waals surface area contributed by atoms with Gasteiger partial charge in [-0.2, -0.15) is 13.2 Å². The molecule has 0 spiro atoms. The second kappa shape index (κ2) is 5.60. The second-order valence-electron chi connectivity index (χ2n) is 3.77. The third kappa shape index (κ3) is 2.98. The summed E-state index contributed by atoms with van der Waals surface area (Å²) in [4.78, 5) is 3.24. The summed E-state index contributed by atoms with van der Waals surface area (Å²) in [6.45, 7) is 0. The largest absolute Gasteiger partial charge is 0.434 e. The van der Waals surface area contributed by atoms with E-state index in [1.807, 2.05) is 0 Å². The van der Waals surface area contributed by atoms with Gasteiger partial charge >= 0.3 is 6.18 Å². The molecule has 0 aliphatic carbocycles. The number of halogens is 7. The Morgan fingerprint density at radius 3 is 2.15 bits per heavy atom. The number of benzene rings is 1. The summed E-state index contributed by atoms with van der Waals surface area (Å²) < 4.78 is 38.3. The van der Waals surface area contributed by atoms with Crippen LogP contribution in [0.1, 0.15) is 5.69 Å². The first-order valence-corrected chi connectivity index (χ1v) is 6.59. The fraction of sp³-hybridized carbons (Fsp3) is 0.0833. The zero-order valence-corrected chi connectivity index (χ0v) is 12.4. The molecule has 0 saturated carbocycles. The minimum Gasteiger partial charge on any atom is -0.250 e. The Balaban J connectivity index is 2.72. The second-order valence-corrected chi connectivity index (χ2v) is 5.37. The molecule has 1 nitrogen and oxygen atoms in total. The van der Waals surface area contributed by atoms with E-state index in [0.29, 0.717) is 0 Å². The molecular formula is C12H4Cl4F3N. The number of hydrogen-bond donors (Lipinski definition) is 0. The SMILES string of the molecule is FC(F)(F)c1nccc(-c2cc(Cl)cc(Cl)c2Cl)c1Cl. The summed E-state index contributed by atoms with van der Waals surface area (Å²) in [6, 6.07) is 4.08. The zero-order valence-electron chi connectivity index (χ0n) is 9.40. The molecule has 1 heterocycles. The normalized spacial score (nSPS) is 11.8. The molecule has 20 heavy (non-hydrogen) atoms. The lowest BCUT2D eigenvalue weighted by molar-refractivity contribution is -0.141. The van der Waals surface area contributed by atoms with E-state index in [1.54, 1.807) is 0 Å². The highest BCUT2D eigenvalue weighted by atomic mass is 35.5. The molecule has 0 amide bonds. The van der Waals surface area contributed by atoms with Gasteiger partial charge in [-0.1, -0.05) is 46.4 Å². The Labute approximate surface area is 132 Å². The predicted molar refractivity (Wildman–Crippen MR) is 74.7 cm³/mol. The molecule has 0 unspecified atom stereocenters. The highest BCUT2D eigenvalue weighted by Crippen LogP contribution is 2.42. The van der Waals surface area contributed by atoms with Crippen LogP contribution < -0.4 is 0 Å². The van der Waals surface area contributed by atoms with Gasteiger partial charge in [-0.3, -0.25) is 4.98 Å². The summed E-state index contributed by atoms with van der Waals surface area (Å²) >= 11 is 23.4. The van der Waals surface area contributed by atoms with Crippen LogP contribution in [0.15, 0.2) is 24.4 Å². The van der Waals surface area contributed by atoms with E-state index in [-0.39, 0.29) is 26.2 Å². The topological polar surface area (TPSA) is 12.9 Å². The first-order valence-electron chi connectivity index (χ1n) is 5.08. The van der Waals surface area contributed by atoms with Gasteiger partial charge in [0.25, 0.3) is 0 Å². The van der Waals surface area contributed by atoms with Crippen LogP contribution in [0.3, 0.4) is 0 Å². The quantitative estimate of drug-likeness (QED) is 0.537. The van der Waals surface area contributed by atoms with Crippen molar-refractivity contribution >= 4 is 46.4 Å². The Bertz CT molecular complexity index is 670. The van der Waals surface area contributed by atoms with E-state index in [0.717, 1.165) is 6.20 Å². The van der Waals surface area contributed by atoms with Gasteiger partial charge < -0.3 is 0 Å². The van der Waals surface area contributed by atoms with Crippen LogP contribution in [0, 0.1) is 0 Å². The maximum absolute atomic E-state index is 12.8.